The maximum atomic E-state index is 15.4. The van der Waals surface area contributed by atoms with Crippen molar-refractivity contribution in [2.75, 3.05) is 26.0 Å². The molecular weight excluding hydrogens is 555 g/mol. The van der Waals surface area contributed by atoms with E-state index >= 15 is 4.39 Å². The molecule has 222 valence electrons. The molecule has 0 fully saturated rings. The van der Waals surface area contributed by atoms with Crippen molar-refractivity contribution in [1.29, 1.82) is 0 Å². The third-order valence-corrected chi connectivity index (χ3v) is 7.39. The van der Waals surface area contributed by atoms with Gasteiger partial charge in [0.2, 0.25) is 0 Å². The average Bonchev–Trinajstić information content (AvgIpc) is 3.41. The van der Waals surface area contributed by atoms with Crippen molar-refractivity contribution >= 4 is 17.6 Å². The summed E-state index contributed by atoms with van der Waals surface area (Å²) in [6.45, 7) is 4.43. The van der Waals surface area contributed by atoms with Crippen LogP contribution in [0.2, 0.25) is 0 Å². The molecule has 0 spiro atoms. The molecule has 0 radical (unpaired) electrons. The van der Waals surface area contributed by atoms with Gasteiger partial charge in [0, 0.05) is 31.0 Å². The summed E-state index contributed by atoms with van der Waals surface area (Å²) in [5.41, 5.74) is 6.54. The van der Waals surface area contributed by atoms with Crippen molar-refractivity contribution in [3.63, 3.8) is 0 Å². The molecule has 43 heavy (non-hydrogen) atoms. The summed E-state index contributed by atoms with van der Waals surface area (Å²) >= 11 is 0. The van der Waals surface area contributed by atoms with Gasteiger partial charge in [0.15, 0.2) is 5.82 Å². The second-order valence-electron chi connectivity index (χ2n) is 10.2. The Morgan fingerprint density at radius 3 is 2.49 bits per heavy atom. The van der Waals surface area contributed by atoms with Crippen molar-refractivity contribution in [3.8, 4) is 28.0 Å². The number of nitrogens with one attached hydrogen (secondary N) is 4. The molecule has 0 aliphatic carbocycles. The molecule has 0 saturated carbocycles. The first-order valence-electron chi connectivity index (χ1n) is 13.5. The van der Waals surface area contributed by atoms with E-state index in [-0.39, 0.29) is 31.6 Å². The molecule has 3 amide bonds. The fourth-order valence-corrected chi connectivity index (χ4v) is 5.04. The molecule has 0 unspecified atom stereocenters. The highest BCUT2D eigenvalue weighted by atomic mass is 19.1. The van der Waals surface area contributed by atoms with Crippen LogP contribution in [-0.2, 0) is 17.9 Å². The zero-order valence-electron chi connectivity index (χ0n) is 24.1. The summed E-state index contributed by atoms with van der Waals surface area (Å²) in [6, 6.07) is 14.5. The van der Waals surface area contributed by atoms with Crippen LogP contribution in [0.1, 0.15) is 22.5 Å². The number of aromatic nitrogens is 2. The number of aromatic amines is 1. The number of ether oxygens (including phenoxy) is 1. The Morgan fingerprint density at radius 1 is 1.07 bits per heavy atom. The number of methoxy groups -OCH3 is 1. The number of benzene rings is 3. The second kappa shape index (κ2) is 12.3. The summed E-state index contributed by atoms with van der Waals surface area (Å²) in [7, 11) is 3.10. The van der Waals surface area contributed by atoms with E-state index < -0.39 is 11.6 Å². The number of H-pyrrole nitrogens is 1. The molecule has 1 aromatic heterocycles. The highest BCUT2D eigenvalue weighted by Gasteiger charge is 2.22. The van der Waals surface area contributed by atoms with E-state index in [0.717, 1.165) is 27.8 Å². The van der Waals surface area contributed by atoms with E-state index in [9.17, 15) is 14.4 Å². The van der Waals surface area contributed by atoms with E-state index in [0.29, 0.717) is 34.0 Å². The lowest BCUT2D eigenvalue weighted by Crippen LogP contribution is -2.42. The van der Waals surface area contributed by atoms with E-state index in [4.69, 9.17) is 4.74 Å². The first-order valence-corrected chi connectivity index (χ1v) is 13.5. The van der Waals surface area contributed by atoms with Gasteiger partial charge in [0.05, 0.1) is 25.8 Å². The van der Waals surface area contributed by atoms with Crippen LogP contribution in [0.25, 0.3) is 22.3 Å². The molecule has 4 aromatic rings. The van der Waals surface area contributed by atoms with Gasteiger partial charge in [-0.1, -0.05) is 35.5 Å². The van der Waals surface area contributed by atoms with Gasteiger partial charge in [-0.2, -0.15) is 0 Å². The smallest absolute Gasteiger partial charge is 0.438 e. The maximum absolute atomic E-state index is 15.4. The van der Waals surface area contributed by atoms with Crippen LogP contribution in [0.15, 0.2) is 69.6 Å². The van der Waals surface area contributed by atoms with Crippen LogP contribution >= 0.6 is 0 Å². The third kappa shape index (κ3) is 6.19. The molecule has 1 aliphatic rings. The first kappa shape index (κ1) is 29.3. The first-order chi connectivity index (χ1) is 20.7. The van der Waals surface area contributed by atoms with Crippen LogP contribution in [0.5, 0.6) is 5.75 Å². The lowest BCUT2D eigenvalue weighted by Gasteiger charge is -2.23. The summed E-state index contributed by atoms with van der Waals surface area (Å²) in [5, 5.41) is 12.2. The molecule has 3 aromatic carbocycles. The second-order valence-corrected chi connectivity index (χ2v) is 10.2. The molecule has 11 nitrogen and oxygen atoms in total. The zero-order chi connectivity index (χ0) is 30.7. The van der Waals surface area contributed by atoms with Crippen LogP contribution in [0, 0.1) is 19.7 Å². The average molecular weight is 587 g/mol. The molecule has 5 rings (SSSR count). The molecule has 0 saturated heterocycles. The zero-order valence-corrected chi connectivity index (χ0v) is 24.1. The number of carbonyl (C=O) groups is 2. The number of anilines is 1. The van der Waals surface area contributed by atoms with Crippen LogP contribution < -0.4 is 26.4 Å². The van der Waals surface area contributed by atoms with Crippen molar-refractivity contribution in [1.82, 2.24) is 25.7 Å². The van der Waals surface area contributed by atoms with E-state index in [2.05, 4.69) is 30.6 Å². The Bertz CT molecular complexity index is 1790. The van der Waals surface area contributed by atoms with E-state index in [1.807, 2.05) is 50.2 Å². The van der Waals surface area contributed by atoms with Crippen LogP contribution in [0.3, 0.4) is 0 Å². The summed E-state index contributed by atoms with van der Waals surface area (Å²) in [5.74, 6) is -0.722. The third-order valence-electron chi connectivity index (χ3n) is 7.39. The number of hydrogen-bond donors (Lipinski definition) is 4. The van der Waals surface area contributed by atoms with Crippen molar-refractivity contribution in [2.45, 2.75) is 26.9 Å². The number of likely N-dealkylation sites (N-methyl/N-ethyl adjacent to an activating group) is 1. The predicted molar refractivity (Wildman–Crippen MR) is 159 cm³/mol. The quantitative estimate of drug-likeness (QED) is 0.230. The van der Waals surface area contributed by atoms with Crippen molar-refractivity contribution in [3.05, 3.63) is 99.2 Å². The molecule has 1 aliphatic heterocycles. The van der Waals surface area contributed by atoms with Gasteiger partial charge in [0.1, 0.15) is 11.6 Å². The summed E-state index contributed by atoms with van der Waals surface area (Å²) < 4.78 is 25.4. The molecule has 12 heteroatoms. The Morgan fingerprint density at radius 2 is 1.79 bits per heavy atom. The fraction of sp³-hybridized carbons (Fsp3) is 0.226. The number of hydrogen-bond acceptors (Lipinski definition) is 7. The highest BCUT2D eigenvalue weighted by molar-refractivity contribution is 6.06. The molecule has 0 atom stereocenters. The number of halogens is 1. The van der Waals surface area contributed by atoms with Gasteiger partial charge in [-0.25, -0.2) is 14.0 Å². The number of rotatable bonds is 9. The Balaban J connectivity index is 1.40. The monoisotopic (exact) mass is 586 g/mol. The predicted octanol–water partition coefficient (Wildman–Crippen LogP) is 4.23. The molecular formula is C31H31FN6O5. The largest absolute Gasteiger partial charge is 0.496 e. The number of nitrogens with zero attached hydrogens (tertiary/aromatic N) is 2. The Labute approximate surface area is 246 Å². The number of amides is 3. The van der Waals surface area contributed by atoms with E-state index in [1.54, 1.807) is 13.1 Å². The van der Waals surface area contributed by atoms with Gasteiger partial charge in [0.25, 0.3) is 5.91 Å². The van der Waals surface area contributed by atoms with Gasteiger partial charge >= 0.3 is 11.8 Å². The topological polar surface area (TPSA) is 142 Å². The summed E-state index contributed by atoms with van der Waals surface area (Å²) in [4.78, 5) is 39.6. The summed E-state index contributed by atoms with van der Waals surface area (Å²) in [6.07, 6.45) is 1.43. The van der Waals surface area contributed by atoms with Crippen LogP contribution in [0.4, 0.5) is 14.9 Å². The van der Waals surface area contributed by atoms with Crippen molar-refractivity contribution < 1.29 is 23.2 Å². The Hall–Kier alpha value is -5.23. The molecule has 2 heterocycles. The van der Waals surface area contributed by atoms with Crippen molar-refractivity contribution in [2.24, 2.45) is 0 Å². The number of urea groups is 1. The standard InChI is InChI=1S/C31H31FN6O5/c1-17-21(19-11-25(32)24(27(12-19)42-4)14-33-15-28-36-31(41)43-37-28)7-5-8-22(17)23-9-6-10-26(18(23)2)35-29(39)20-13-34-30(40)38(3)16-20/h5-13,33H,14-16H2,1-4H3,(H,34,40)(H,35,39)(H,36,37,41). The number of carbonyl (C=O) groups excluding carboxylic acids is 2. The Kier molecular flexibility index (Phi) is 8.39. The van der Waals surface area contributed by atoms with Gasteiger partial charge in [-0.05, 0) is 65.4 Å². The molecule has 4 N–H and O–H groups in total. The SMILES string of the molecule is COc1cc(-c2cccc(-c3cccc(NC(=O)C4=CNC(=O)N(C)C4)c3C)c2C)cc(F)c1CNCc1noc(=O)[nH]1. The minimum atomic E-state index is -0.657. The lowest BCUT2D eigenvalue weighted by molar-refractivity contribution is -0.113. The normalized spacial score (nSPS) is 13.0. The van der Waals surface area contributed by atoms with Gasteiger partial charge in [-0.3, -0.25) is 14.3 Å². The lowest BCUT2D eigenvalue weighted by atomic mass is 9.90. The molecule has 0 bridgehead atoms. The van der Waals surface area contributed by atoms with Crippen LogP contribution in [-0.4, -0.2) is 47.7 Å². The minimum absolute atomic E-state index is 0.139. The minimum Gasteiger partial charge on any atom is -0.496 e. The van der Waals surface area contributed by atoms with E-state index in [1.165, 1.54) is 24.3 Å². The maximum Gasteiger partial charge on any atom is 0.438 e. The highest BCUT2D eigenvalue weighted by Crippen LogP contribution is 2.37. The fourth-order valence-electron chi connectivity index (χ4n) is 5.04. The van der Waals surface area contributed by atoms with Gasteiger partial charge < -0.3 is 25.6 Å². The van der Waals surface area contributed by atoms with Gasteiger partial charge in [-0.15, -0.1) is 0 Å².